The van der Waals surface area contributed by atoms with Gasteiger partial charge < -0.3 is 23.7 Å². The molecule has 7 heteroatoms. The highest BCUT2D eigenvalue weighted by molar-refractivity contribution is 5.88. The van der Waals surface area contributed by atoms with E-state index in [4.69, 9.17) is 18.6 Å². The maximum atomic E-state index is 12.1. The van der Waals surface area contributed by atoms with Crippen LogP contribution >= 0.6 is 0 Å². The second kappa shape index (κ2) is 10.2. The minimum atomic E-state index is -0.337. The van der Waals surface area contributed by atoms with Crippen LogP contribution in [0, 0.1) is 18.3 Å². The van der Waals surface area contributed by atoms with Crippen LogP contribution in [-0.4, -0.2) is 24.8 Å². The average Bonchev–Trinajstić information content (AvgIpc) is 3.17. The van der Waals surface area contributed by atoms with Gasteiger partial charge in [0.1, 0.15) is 41.3 Å². The molecule has 0 saturated carbocycles. The van der Waals surface area contributed by atoms with Crippen molar-refractivity contribution in [1.82, 2.24) is 0 Å². The molecule has 4 aromatic rings. The SMILES string of the molecule is CCOC(=O)Cc1ccc(OC)cc1OCc1c(C)oc2ccc(-c3cccc(C#N)c3O)cc12. The van der Waals surface area contributed by atoms with Crippen LogP contribution in [-0.2, 0) is 22.6 Å². The summed E-state index contributed by atoms with van der Waals surface area (Å²) in [7, 11) is 1.57. The van der Waals surface area contributed by atoms with Crippen molar-refractivity contribution in [3.05, 3.63) is 77.0 Å². The Hall–Kier alpha value is -4.44. The van der Waals surface area contributed by atoms with Crippen LogP contribution in [0.1, 0.15) is 29.4 Å². The fourth-order valence-corrected chi connectivity index (χ4v) is 3.94. The van der Waals surface area contributed by atoms with Gasteiger partial charge in [0.15, 0.2) is 0 Å². The number of furan rings is 1. The first-order valence-corrected chi connectivity index (χ1v) is 11.1. The molecule has 1 N–H and O–H groups in total. The number of aryl methyl sites for hydroxylation is 1. The molecule has 1 aromatic heterocycles. The Morgan fingerprint density at radius 3 is 2.71 bits per heavy atom. The third-order valence-corrected chi connectivity index (χ3v) is 5.75. The number of nitrogens with zero attached hydrogens (tertiary/aromatic N) is 1. The summed E-state index contributed by atoms with van der Waals surface area (Å²) in [5.41, 5.74) is 3.72. The highest BCUT2D eigenvalue weighted by Gasteiger charge is 2.17. The van der Waals surface area contributed by atoms with E-state index in [0.717, 1.165) is 16.5 Å². The summed E-state index contributed by atoms with van der Waals surface area (Å²) in [5.74, 6) is 1.42. The Morgan fingerprint density at radius 1 is 1.14 bits per heavy atom. The summed E-state index contributed by atoms with van der Waals surface area (Å²) in [5, 5.41) is 20.6. The molecule has 0 bridgehead atoms. The molecule has 178 valence electrons. The standard InChI is InChI=1S/C28H25NO6/c1-4-33-27(30)13-19-8-10-21(32-3)14-26(19)34-16-24-17(2)35-25-11-9-18(12-23(24)25)22-7-5-6-20(15-29)28(22)31/h5-12,14,31H,4,13,16H2,1-3H3. The number of carbonyl (C=O) groups is 1. The molecular weight excluding hydrogens is 446 g/mol. The second-order valence-electron chi connectivity index (χ2n) is 7.91. The molecule has 7 nitrogen and oxygen atoms in total. The first kappa shape index (κ1) is 23.7. The van der Waals surface area contributed by atoms with E-state index < -0.39 is 0 Å². The number of fused-ring (bicyclic) bond motifs is 1. The van der Waals surface area contributed by atoms with E-state index in [1.165, 1.54) is 0 Å². The molecular formula is C28H25NO6. The predicted molar refractivity (Wildman–Crippen MR) is 130 cm³/mol. The van der Waals surface area contributed by atoms with E-state index in [0.29, 0.717) is 40.6 Å². The fraction of sp³-hybridized carbons (Fsp3) is 0.214. The zero-order chi connectivity index (χ0) is 24.9. The minimum Gasteiger partial charge on any atom is -0.506 e. The normalized spacial score (nSPS) is 10.7. The topological polar surface area (TPSA) is 102 Å². The van der Waals surface area contributed by atoms with Crippen LogP contribution in [0.15, 0.2) is 59.0 Å². The molecule has 0 radical (unpaired) electrons. The van der Waals surface area contributed by atoms with Gasteiger partial charge in [-0.1, -0.05) is 24.3 Å². The van der Waals surface area contributed by atoms with E-state index in [1.54, 1.807) is 50.4 Å². The summed E-state index contributed by atoms with van der Waals surface area (Å²) >= 11 is 0. The van der Waals surface area contributed by atoms with Crippen LogP contribution in [0.4, 0.5) is 0 Å². The molecule has 0 spiro atoms. The maximum absolute atomic E-state index is 12.1. The van der Waals surface area contributed by atoms with Crippen molar-refractivity contribution in [3.63, 3.8) is 0 Å². The molecule has 0 atom stereocenters. The summed E-state index contributed by atoms with van der Waals surface area (Å²) < 4.78 is 22.5. The monoisotopic (exact) mass is 471 g/mol. The molecule has 0 saturated heterocycles. The van der Waals surface area contributed by atoms with Crippen LogP contribution in [0.2, 0.25) is 0 Å². The quantitative estimate of drug-likeness (QED) is 0.330. The van der Waals surface area contributed by atoms with Crippen molar-refractivity contribution < 1.29 is 28.5 Å². The lowest BCUT2D eigenvalue weighted by atomic mass is 9.99. The van der Waals surface area contributed by atoms with Gasteiger partial charge in [0.05, 0.1) is 25.7 Å². The van der Waals surface area contributed by atoms with Gasteiger partial charge in [0, 0.05) is 28.1 Å². The van der Waals surface area contributed by atoms with Crippen molar-refractivity contribution in [3.8, 4) is 34.4 Å². The molecule has 1 heterocycles. The third kappa shape index (κ3) is 4.92. The molecule has 35 heavy (non-hydrogen) atoms. The van der Waals surface area contributed by atoms with Crippen molar-refractivity contribution in [1.29, 1.82) is 5.26 Å². The number of hydrogen-bond acceptors (Lipinski definition) is 7. The number of benzene rings is 3. The summed E-state index contributed by atoms with van der Waals surface area (Å²) in [6.07, 6.45) is 0.0803. The number of nitriles is 1. The molecule has 0 aliphatic carbocycles. The number of carbonyl (C=O) groups excluding carboxylic acids is 1. The van der Waals surface area contributed by atoms with Crippen LogP contribution in [0.3, 0.4) is 0 Å². The van der Waals surface area contributed by atoms with E-state index >= 15 is 0 Å². The highest BCUT2D eigenvalue weighted by atomic mass is 16.5. The van der Waals surface area contributed by atoms with Crippen molar-refractivity contribution in [2.24, 2.45) is 0 Å². The number of hydrogen-bond donors (Lipinski definition) is 1. The van der Waals surface area contributed by atoms with Crippen molar-refractivity contribution in [2.45, 2.75) is 26.9 Å². The predicted octanol–water partition coefficient (Wildman–Crippen LogP) is 5.68. The number of phenolic OH excluding ortho intramolecular Hbond substituents is 1. The number of aromatic hydroxyl groups is 1. The van der Waals surface area contributed by atoms with Crippen LogP contribution < -0.4 is 9.47 Å². The first-order chi connectivity index (χ1) is 16.9. The number of methoxy groups -OCH3 is 1. The third-order valence-electron chi connectivity index (χ3n) is 5.75. The van der Waals surface area contributed by atoms with Gasteiger partial charge in [0.25, 0.3) is 0 Å². The number of phenols is 1. The van der Waals surface area contributed by atoms with E-state index in [9.17, 15) is 15.2 Å². The second-order valence-corrected chi connectivity index (χ2v) is 7.91. The molecule has 0 amide bonds. The number of rotatable bonds is 8. The number of ether oxygens (including phenoxy) is 3. The van der Waals surface area contributed by atoms with E-state index in [2.05, 4.69) is 0 Å². The molecule has 0 fully saturated rings. The Bertz CT molecular complexity index is 1430. The largest absolute Gasteiger partial charge is 0.506 e. The van der Waals surface area contributed by atoms with Crippen LogP contribution in [0.25, 0.3) is 22.1 Å². The molecule has 0 aliphatic heterocycles. The minimum absolute atomic E-state index is 0.0626. The van der Waals surface area contributed by atoms with Gasteiger partial charge >= 0.3 is 5.97 Å². The number of esters is 1. The van der Waals surface area contributed by atoms with Gasteiger partial charge in [0.2, 0.25) is 0 Å². The summed E-state index contributed by atoms with van der Waals surface area (Å²) in [6.45, 7) is 4.12. The van der Waals surface area contributed by atoms with Gasteiger partial charge in [-0.05, 0) is 43.7 Å². The van der Waals surface area contributed by atoms with Crippen molar-refractivity contribution >= 4 is 16.9 Å². The average molecular weight is 472 g/mol. The zero-order valence-electron chi connectivity index (χ0n) is 19.8. The van der Waals surface area contributed by atoms with Gasteiger partial charge in [-0.15, -0.1) is 0 Å². The Morgan fingerprint density at radius 2 is 1.97 bits per heavy atom. The maximum Gasteiger partial charge on any atom is 0.310 e. The Labute approximate surface area is 203 Å². The fourth-order valence-electron chi connectivity index (χ4n) is 3.94. The van der Waals surface area contributed by atoms with Gasteiger partial charge in [-0.2, -0.15) is 5.26 Å². The molecule has 0 unspecified atom stereocenters. The highest BCUT2D eigenvalue weighted by Crippen LogP contribution is 2.36. The van der Waals surface area contributed by atoms with Gasteiger partial charge in [-0.3, -0.25) is 4.79 Å². The molecule has 3 aromatic carbocycles. The smallest absolute Gasteiger partial charge is 0.310 e. The molecule has 4 rings (SSSR count). The lowest BCUT2D eigenvalue weighted by Gasteiger charge is -2.13. The zero-order valence-corrected chi connectivity index (χ0v) is 19.8. The Kier molecular flexibility index (Phi) is 6.93. The Balaban J connectivity index is 1.68. The van der Waals surface area contributed by atoms with Crippen molar-refractivity contribution in [2.75, 3.05) is 13.7 Å². The lowest BCUT2D eigenvalue weighted by molar-refractivity contribution is -0.142. The van der Waals surface area contributed by atoms with E-state index in [1.807, 2.05) is 31.2 Å². The number of para-hydroxylation sites is 1. The lowest BCUT2D eigenvalue weighted by Crippen LogP contribution is -2.09. The van der Waals surface area contributed by atoms with Crippen LogP contribution in [0.5, 0.6) is 17.2 Å². The molecule has 0 aliphatic rings. The summed E-state index contributed by atoms with van der Waals surface area (Å²) in [4.78, 5) is 12.1. The van der Waals surface area contributed by atoms with Gasteiger partial charge in [-0.25, -0.2) is 0 Å². The first-order valence-electron chi connectivity index (χ1n) is 11.1. The van der Waals surface area contributed by atoms with E-state index in [-0.39, 0.29) is 30.3 Å². The summed E-state index contributed by atoms with van der Waals surface area (Å²) in [6, 6.07) is 17.9.